The van der Waals surface area contributed by atoms with Crippen molar-refractivity contribution in [2.24, 2.45) is 0 Å². The molecule has 0 fully saturated rings. The topological polar surface area (TPSA) is 0 Å². The second kappa shape index (κ2) is 6.49. The van der Waals surface area contributed by atoms with E-state index in [1.807, 2.05) is 13.8 Å². The minimum atomic E-state index is -0.604. The molecule has 0 aromatic carbocycles. The molecule has 90 valence electrons. The largest absolute Gasteiger partial charge is 0.122 e. The van der Waals surface area contributed by atoms with Gasteiger partial charge in [0.2, 0.25) is 0 Å². The van der Waals surface area contributed by atoms with Gasteiger partial charge in [-0.15, -0.1) is 23.2 Å². The quantitative estimate of drug-likeness (QED) is 0.503. The van der Waals surface area contributed by atoms with Crippen molar-refractivity contribution in [2.75, 3.05) is 5.33 Å². The van der Waals surface area contributed by atoms with Crippen LogP contribution in [-0.4, -0.2) is 19.9 Å². The van der Waals surface area contributed by atoms with E-state index in [-0.39, 0.29) is 9.70 Å². The SMILES string of the molecule is C=C(Cl)[C@@](Cl)(CBr)CC[C@@H](Cl)C(C)(C)Br. The maximum absolute atomic E-state index is 6.30. The third-order valence-electron chi connectivity index (χ3n) is 2.24. The molecule has 0 unspecified atom stereocenters. The number of allylic oxidation sites excluding steroid dienone is 1. The molecule has 0 saturated heterocycles. The monoisotopic (exact) mass is 398 g/mol. The minimum Gasteiger partial charge on any atom is -0.122 e. The van der Waals surface area contributed by atoms with Crippen LogP contribution < -0.4 is 0 Å². The summed E-state index contributed by atoms with van der Waals surface area (Å²) in [4.78, 5) is -0.604. The summed E-state index contributed by atoms with van der Waals surface area (Å²) >= 11 is 25.3. The molecule has 15 heavy (non-hydrogen) atoms. The Hall–Kier alpha value is 1.57. The maximum Gasteiger partial charge on any atom is 0.0891 e. The maximum atomic E-state index is 6.30. The van der Waals surface area contributed by atoms with Gasteiger partial charge in [0.1, 0.15) is 0 Å². The van der Waals surface area contributed by atoms with E-state index in [0.717, 1.165) is 6.42 Å². The van der Waals surface area contributed by atoms with Gasteiger partial charge >= 0.3 is 0 Å². The molecule has 0 radical (unpaired) electrons. The smallest absolute Gasteiger partial charge is 0.0891 e. The first-order valence-corrected chi connectivity index (χ1v) is 7.67. The van der Waals surface area contributed by atoms with E-state index in [1.165, 1.54) is 0 Å². The summed E-state index contributed by atoms with van der Waals surface area (Å²) in [5.74, 6) is 0. The molecule has 0 amide bonds. The molecule has 2 atom stereocenters. The highest BCUT2D eigenvalue weighted by atomic mass is 79.9. The Morgan fingerprint density at radius 1 is 1.47 bits per heavy atom. The number of hydrogen-bond acceptors (Lipinski definition) is 0. The second-order valence-corrected chi connectivity index (χ2v) is 8.39. The molecule has 0 aromatic heterocycles. The van der Waals surface area contributed by atoms with E-state index in [4.69, 9.17) is 34.8 Å². The summed E-state index contributed by atoms with van der Waals surface area (Å²) in [6.45, 7) is 7.75. The lowest BCUT2D eigenvalue weighted by Gasteiger charge is -2.28. The van der Waals surface area contributed by atoms with Crippen LogP contribution in [-0.2, 0) is 0 Å². The molecule has 5 heteroatoms. The van der Waals surface area contributed by atoms with Gasteiger partial charge in [0.15, 0.2) is 0 Å². The molecule has 0 aliphatic carbocycles. The van der Waals surface area contributed by atoms with E-state index in [0.29, 0.717) is 16.8 Å². The molecule has 0 nitrogen and oxygen atoms in total. The number of alkyl halides is 4. The second-order valence-electron chi connectivity index (χ2n) is 4.07. The molecule has 0 aromatic rings. The summed E-state index contributed by atoms with van der Waals surface area (Å²) in [5.41, 5.74) is 0. The highest BCUT2D eigenvalue weighted by Crippen LogP contribution is 2.37. The normalized spacial score (nSPS) is 18.3. The molecule has 0 rings (SSSR count). The first kappa shape index (κ1) is 16.6. The third kappa shape index (κ3) is 5.63. The molecule has 0 bridgehead atoms. The Morgan fingerprint density at radius 3 is 2.20 bits per heavy atom. The lowest BCUT2D eigenvalue weighted by Crippen LogP contribution is -2.30. The molecular formula is C10H15Br2Cl3. The van der Waals surface area contributed by atoms with E-state index >= 15 is 0 Å². The van der Waals surface area contributed by atoms with Crippen LogP contribution in [0.2, 0.25) is 0 Å². The van der Waals surface area contributed by atoms with Crippen molar-refractivity contribution in [1.82, 2.24) is 0 Å². The fraction of sp³-hybridized carbons (Fsp3) is 0.800. The standard InChI is InChI=1S/C10H15Br2Cl3/c1-7(13)10(15,6-11)5-4-8(14)9(2,3)12/h8H,1,4-6H2,2-3H3/t8-,10+/m1/s1. The van der Waals surface area contributed by atoms with Crippen LogP contribution in [0.25, 0.3) is 0 Å². The van der Waals surface area contributed by atoms with Gasteiger partial charge in [0.05, 0.1) is 4.87 Å². The Morgan fingerprint density at radius 2 is 1.93 bits per heavy atom. The molecule has 0 N–H and O–H groups in total. The van der Waals surface area contributed by atoms with Crippen LogP contribution >= 0.6 is 66.7 Å². The van der Waals surface area contributed by atoms with Gasteiger partial charge in [-0.3, -0.25) is 0 Å². The average Bonchev–Trinajstić information content (AvgIpc) is 2.11. The Bertz CT molecular complexity index is 225. The summed E-state index contributed by atoms with van der Waals surface area (Å²) in [6, 6.07) is 0. The van der Waals surface area contributed by atoms with Crippen LogP contribution in [0.1, 0.15) is 26.7 Å². The Balaban J connectivity index is 4.31. The Kier molecular flexibility index (Phi) is 7.17. The van der Waals surface area contributed by atoms with Crippen molar-refractivity contribution in [1.29, 1.82) is 0 Å². The fourth-order valence-electron chi connectivity index (χ4n) is 0.974. The zero-order chi connectivity index (χ0) is 12.3. The molecule has 0 saturated carbocycles. The van der Waals surface area contributed by atoms with Gasteiger partial charge in [-0.1, -0.05) is 50.0 Å². The summed E-state index contributed by atoms with van der Waals surface area (Å²) in [6.07, 6.45) is 1.48. The zero-order valence-corrected chi connectivity index (χ0v) is 14.2. The van der Waals surface area contributed by atoms with Crippen molar-refractivity contribution in [3.63, 3.8) is 0 Å². The predicted molar refractivity (Wildman–Crippen MR) is 79.3 cm³/mol. The highest BCUT2D eigenvalue weighted by molar-refractivity contribution is 9.10. The molecule has 0 aliphatic rings. The van der Waals surface area contributed by atoms with Crippen LogP contribution in [0.15, 0.2) is 11.6 Å². The van der Waals surface area contributed by atoms with Gasteiger partial charge in [-0.2, -0.15) is 0 Å². The van der Waals surface area contributed by atoms with Crippen LogP contribution in [0.5, 0.6) is 0 Å². The van der Waals surface area contributed by atoms with Crippen LogP contribution in [0.3, 0.4) is 0 Å². The zero-order valence-electron chi connectivity index (χ0n) is 8.80. The van der Waals surface area contributed by atoms with Gasteiger partial charge in [0.25, 0.3) is 0 Å². The summed E-state index contributed by atoms with van der Waals surface area (Å²) < 4.78 is -0.105. The van der Waals surface area contributed by atoms with E-state index in [1.54, 1.807) is 0 Å². The first-order chi connectivity index (χ1) is 6.63. The lowest BCUT2D eigenvalue weighted by atomic mass is 9.98. The number of hydrogen-bond donors (Lipinski definition) is 0. The van der Waals surface area contributed by atoms with Crippen molar-refractivity contribution >= 4 is 66.7 Å². The molecule has 0 spiro atoms. The van der Waals surface area contributed by atoms with Crippen molar-refractivity contribution in [2.45, 2.75) is 41.3 Å². The summed E-state index contributed by atoms with van der Waals surface area (Å²) in [5, 5.41) is 1.04. The van der Waals surface area contributed by atoms with Crippen molar-refractivity contribution in [3.05, 3.63) is 11.6 Å². The van der Waals surface area contributed by atoms with E-state index in [9.17, 15) is 0 Å². The minimum absolute atomic E-state index is 0.00527. The fourth-order valence-corrected chi connectivity index (χ4v) is 2.36. The number of rotatable bonds is 6. The van der Waals surface area contributed by atoms with Crippen molar-refractivity contribution < 1.29 is 0 Å². The van der Waals surface area contributed by atoms with E-state index < -0.39 is 4.87 Å². The highest BCUT2D eigenvalue weighted by Gasteiger charge is 2.32. The lowest BCUT2D eigenvalue weighted by molar-refractivity contribution is 0.559. The van der Waals surface area contributed by atoms with Crippen LogP contribution in [0, 0.1) is 0 Å². The Labute approximate surface area is 124 Å². The molecule has 0 aliphatic heterocycles. The third-order valence-corrected chi connectivity index (χ3v) is 6.11. The van der Waals surface area contributed by atoms with Crippen molar-refractivity contribution in [3.8, 4) is 0 Å². The predicted octanol–water partition coefficient (Wildman–Crippen LogP) is 5.67. The van der Waals surface area contributed by atoms with Gasteiger partial charge in [-0.25, -0.2) is 0 Å². The van der Waals surface area contributed by atoms with Gasteiger partial charge in [0, 0.05) is 20.1 Å². The summed E-state index contributed by atoms with van der Waals surface area (Å²) in [7, 11) is 0. The first-order valence-electron chi connectivity index (χ1n) is 4.56. The average molecular weight is 401 g/mol. The van der Waals surface area contributed by atoms with Crippen LogP contribution in [0.4, 0.5) is 0 Å². The number of halogens is 5. The van der Waals surface area contributed by atoms with Gasteiger partial charge in [-0.05, 0) is 26.7 Å². The van der Waals surface area contributed by atoms with Gasteiger partial charge < -0.3 is 0 Å². The van der Waals surface area contributed by atoms with E-state index in [2.05, 4.69) is 38.4 Å². The molecular weight excluding hydrogens is 386 g/mol. The molecule has 0 heterocycles.